The van der Waals surface area contributed by atoms with Crippen LogP contribution in [0.25, 0.3) is 0 Å². The molecular weight excluding hydrogens is 550 g/mol. The SMILES string of the molecule is CCCN([C@H](CO)CCC[C@H](CC)N[C@H](C(N)=O)C(c1ccccc1)c1ccccc1)S(=O)(=O)c1ccc(CO)cc1. The quantitative estimate of drug-likeness (QED) is 0.175. The van der Waals surface area contributed by atoms with Crippen molar-refractivity contribution < 1.29 is 23.4 Å². The maximum atomic E-state index is 13.5. The van der Waals surface area contributed by atoms with Gasteiger partial charge in [0, 0.05) is 24.5 Å². The number of hydrogen-bond acceptors (Lipinski definition) is 6. The van der Waals surface area contributed by atoms with Crippen LogP contribution in [0.5, 0.6) is 0 Å². The molecule has 5 N–H and O–H groups in total. The first-order chi connectivity index (χ1) is 20.3. The second-order valence-corrected chi connectivity index (χ2v) is 12.5. The highest BCUT2D eigenvalue weighted by molar-refractivity contribution is 7.89. The van der Waals surface area contributed by atoms with Crippen LogP contribution in [0, 0.1) is 0 Å². The van der Waals surface area contributed by atoms with Crippen LogP contribution in [0.3, 0.4) is 0 Å². The van der Waals surface area contributed by atoms with Crippen LogP contribution in [0.2, 0.25) is 0 Å². The number of nitrogens with two attached hydrogens (primary N) is 1. The van der Waals surface area contributed by atoms with Gasteiger partial charge in [-0.05, 0) is 54.5 Å². The van der Waals surface area contributed by atoms with Crippen LogP contribution >= 0.6 is 0 Å². The largest absolute Gasteiger partial charge is 0.395 e. The van der Waals surface area contributed by atoms with Gasteiger partial charge in [-0.25, -0.2) is 8.42 Å². The van der Waals surface area contributed by atoms with E-state index < -0.39 is 28.0 Å². The lowest BCUT2D eigenvalue weighted by Crippen LogP contribution is -2.50. The molecule has 0 aliphatic heterocycles. The minimum atomic E-state index is -3.84. The molecule has 0 radical (unpaired) electrons. The Morgan fingerprint density at radius 1 is 0.881 bits per heavy atom. The first-order valence-corrected chi connectivity index (χ1v) is 16.2. The maximum Gasteiger partial charge on any atom is 0.243 e. The minimum Gasteiger partial charge on any atom is -0.395 e. The molecule has 42 heavy (non-hydrogen) atoms. The van der Waals surface area contributed by atoms with Crippen molar-refractivity contribution in [2.45, 2.75) is 81.5 Å². The van der Waals surface area contributed by atoms with Crippen molar-refractivity contribution in [1.82, 2.24) is 9.62 Å². The second-order valence-electron chi connectivity index (χ2n) is 10.6. The highest BCUT2D eigenvalue weighted by Gasteiger charge is 2.32. The van der Waals surface area contributed by atoms with Crippen molar-refractivity contribution in [3.05, 3.63) is 102 Å². The molecule has 3 rings (SSSR count). The predicted molar refractivity (Wildman–Crippen MR) is 166 cm³/mol. The van der Waals surface area contributed by atoms with E-state index in [4.69, 9.17) is 5.73 Å². The van der Waals surface area contributed by atoms with Crippen molar-refractivity contribution in [3.63, 3.8) is 0 Å². The van der Waals surface area contributed by atoms with E-state index in [0.717, 1.165) is 17.5 Å². The molecule has 3 aromatic carbocycles. The summed E-state index contributed by atoms with van der Waals surface area (Å²) in [7, 11) is -3.84. The van der Waals surface area contributed by atoms with Crippen LogP contribution in [0.4, 0.5) is 0 Å². The Balaban J connectivity index is 1.75. The molecule has 1 amide bonds. The van der Waals surface area contributed by atoms with Gasteiger partial charge in [-0.1, -0.05) is 93.1 Å². The number of nitrogens with zero attached hydrogens (tertiary/aromatic N) is 1. The number of carbonyl (C=O) groups excluding carboxylic acids is 1. The van der Waals surface area contributed by atoms with E-state index in [1.54, 1.807) is 12.1 Å². The summed E-state index contributed by atoms with van der Waals surface area (Å²) in [6, 6.07) is 24.6. The van der Waals surface area contributed by atoms with Gasteiger partial charge in [-0.2, -0.15) is 4.31 Å². The summed E-state index contributed by atoms with van der Waals surface area (Å²) in [5, 5.41) is 23.1. The summed E-state index contributed by atoms with van der Waals surface area (Å²) in [5.74, 6) is -0.710. The van der Waals surface area contributed by atoms with Gasteiger partial charge in [0.2, 0.25) is 15.9 Å². The maximum absolute atomic E-state index is 13.5. The second kappa shape index (κ2) is 16.5. The monoisotopic (exact) mass is 595 g/mol. The molecule has 0 fully saturated rings. The molecular formula is C33H45N3O5S. The fourth-order valence-electron chi connectivity index (χ4n) is 5.45. The van der Waals surface area contributed by atoms with Gasteiger partial charge in [0.15, 0.2) is 0 Å². The average molecular weight is 596 g/mol. The summed E-state index contributed by atoms with van der Waals surface area (Å²) in [5.41, 5.74) is 8.59. The highest BCUT2D eigenvalue weighted by Crippen LogP contribution is 2.29. The molecule has 0 bridgehead atoms. The number of sulfonamides is 1. The highest BCUT2D eigenvalue weighted by atomic mass is 32.2. The van der Waals surface area contributed by atoms with Crippen LogP contribution in [-0.4, -0.2) is 60.1 Å². The van der Waals surface area contributed by atoms with Gasteiger partial charge in [0.1, 0.15) is 0 Å². The summed E-state index contributed by atoms with van der Waals surface area (Å²) in [4.78, 5) is 13.0. The third-order valence-electron chi connectivity index (χ3n) is 7.73. The van der Waals surface area contributed by atoms with E-state index in [1.165, 1.54) is 16.4 Å². The van der Waals surface area contributed by atoms with Gasteiger partial charge in [0.05, 0.1) is 24.2 Å². The van der Waals surface area contributed by atoms with Crippen molar-refractivity contribution in [1.29, 1.82) is 0 Å². The lowest BCUT2D eigenvalue weighted by Gasteiger charge is -2.32. The third kappa shape index (κ3) is 8.72. The Morgan fingerprint density at radius 2 is 1.45 bits per heavy atom. The van der Waals surface area contributed by atoms with E-state index in [1.807, 2.05) is 74.5 Å². The van der Waals surface area contributed by atoms with Crippen LogP contribution in [-0.2, 0) is 21.4 Å². The Labute approximate surface area is 250 Å². The van der Waals surface area contributed by atoms with Crippen molar-refractivity contribution >= 4 is 15.9 Å². The zero-order valence-corrected chi connectivity index (χ0v) is 25.4. The lowest BCUT2D eigenvalue weighted by atomic mass is 9.84. The molecule has 9 heteroatoms. The van der Waals surface area contributed by atoms with E-state index in [9.17, 15) is 23.4 Å². The molecule has 0 saturated heterocycles. The molecule has 228 valence electrons. The standard InChI is InChI=1S/C33H45N3O5S/c1-3-22-36(42(40,41)30-20-18-25(23-37)19-21-30)29(24-38)17-11-16-28(4-2)35-32(33(34)39)31(26-12-7-5-8-13-26)27-14-9-6-10-15-27/h5-10,12-15,18-21,28-29,31-32,35,37-38H,3-4,11,16-17,22-24H2,1-2H3,(H2,34,39)/t28-,29-,32-/m0/s1. The zero-order valence-electron chi connectivity index (χ0n) is 24.6. The molecule has 0 aliphatic rings. The Hall–Kier alpha value is -3.08. The Bertz CT molecular complexity index is 1280. The average Bonchev–Trinajstić information content (AvgIpc) is 3.02. The summed E-state index contributed by atoms with van der Waals surface area (Å²) in [6.45, 7) is 3.77. The van der Waals surface area contributed by atoms with Gasteiger partial charge >= 0.3 is 0 Å². The first-order valence-electron chi connectivity index (χ1n) is 14.7. The van der Waals surface area contributed by atoms with E-state index in [2.05, 4.69) is 5.32 Å². The third-order valence-corrected chi connectivity index (χ3v) is 9.70. The summed E-state index contributed by atoms with van der Waals surface area (Å²) in [6.07, 6.45) is 3.13. The van der Waals surface area contributed by atoms with Crippen molar-refractivity contribution in [2.24, 2.45) is 5.73 Å². The number of amides is 1. The molecule has 0 unspecified atom stereocenters. The molecule has 0 heterocycles. The summed E-state index contributed by atoms with van der Waals surface area (Å²) >= 11 is 0. The van der Waals surface area contributed by atoms with E-state index >= 15 is 0 Å². The molecule has 8 nitrogen and oxygen atoms in total. The van der Waals surface area contributed by atoms with Gasteiger partial charge in [-0.3, -0.25) is 4.79 Å². The number of primary amides is 1. The molecule has 3 aromatic rings. The van der Waals surface area contributed by atoms with Gasteiger partial charge in [0.25, 0.3) is 0 Å². The van der Waals surface area contributed by atoms with Gasteiger partial charge in [-0.15, -0.1) is 0 Å². The number of carbonyl (C=O) groups is 1. The molecule has 0 aliphatic carbocycles. The van der Waals surface area contributed by atoms with Crippen LogP contribution in [0.15, 0.2) is 89.8 Å². The number of benzene rings is 3. The van der Waals surface area contributed by atoms with Crippen LogP contribution < -0.4 is 11.1 Å². The van der Waals surface area contributed by atoms with E-state index in [0.29, 0.717) is 31.2 Å². The Kier molecular flexibility index (Phi) is 13.2. The molecule has 0 spiro atoms. The fraction of sp³-hybridized carbons (Fsp3) is 0.424. The van der Waals surface area contributed by atoms with Gasteiger partial charge < -0.3 is 21.3 Å². The summed E-state index contributed by atoms with van der Waals surface area (Å²) < 4.78 is 28.4. The first kappa shape index (κ1) is 33.4. The number of hydrogen-bond donors (Lipinski definition) is 4. The fourth-order valence-corrected chi connectivity index (χ4v) is 7.19. The molecule has 0 aromatic heterocycles. The number of nitrogens with one attached hydrogen (secondary N) is 1. The smallest absolute Gasteiger partial charge is 0.243 e. The molecule has 0 saturated carbocycles. The number of rotatable bonds is 18. The normalized spacial score (nSPS) is 14.1. The van der Waals surface area contributed by atoms with E-state index in [-0.39, 0.29) is 36.6 Å². The van der Waals surface area contributed by atoms with Crippen LogP contribution in [0.1, 0.15) is 68.6 Å². The number of aliphatic hydroxyl groups excluding tert-OH is 2. The number of aliphatic hydroxyl groups is 2. The zero-order chi connectivity index (χ0) is 30.5. The Morgan fingerprint density at radius 3 is 1.90 bits per heavy atom. The molecule has 3 atom stereocenters. The van der Waals surface area contributed by atoms with Crippen molar-refractivity contribution in [3.8, 4) is 0 Å². The minimum absolute atomic E-state index is 0.0426. The topological polar surface area (TPSA) is 133 Å². The lowest BCUT2D eigenvalue weighted by molar-refractivity contribution is -0.120. The van der Waals surface area contributed by atoms with Crippen molar-refractivity contribution in [2.75, 3.05) is 13.2 Å². The predicted octanol–water partition coefficient (Wildman–Crippen LogP) is 4.17.